The molecule has 1 heterocycles. The van der Waals surface area contributed by atoms with Gasteiger partial charge in [0.25, 0.3) is 0 Å². The lowest BCUT2D eigenvalue weighted by Gasteiger charge is -2.36. The van der Waals surface area contributed by atoms with Gasteiger partial charge >= 0.3 is 0 Å². The van der Waals surface area contributed by atoms with Crippen molar-refractivity contribution in [2.75, 3.05) is 13.2 Å². The van der Waals surface area contributed by atoms with Gasteiger partial charge in [0, 0.05) is 19.4 Å². The molecule has 6 heteroatoms. The molecule has 0 bridgehead atoms. The minimum absolute atomic E-state index is 0.0334. The fourth-order valence-corrected chi connectivity index (χ4v) is 3.46. The molecule has 0 aromatic heterocycles. The van der Waals surface area contributed by atoms with Gasteiger partial charge in [0.15, 0.2) is 0 Å². The number of nitrogens with one attached hydrogen (secondary N) is 2. The maximum Gasteiger partial charge on any atom is 0.223 e. The zero-order valence-corrected chi connectivity index (χ0v) is 13.3. The number of aliphatic hydroxyl groups excluding tert-OH is 1. The second-order valence-electron chi connectivity index (χ2n) is 6.42. The van der Waals surface area contributed by atoms with E-state index in [4.69, 9.17) is 4.74 Å². The quantitative estimate of drug-likeness (QED) is 0.674. The topological polar surface area (TPSA) is 87.7 Å². The normalized spacial score (nSPS) is 29.3. The number of amides is 2. The van der Waals surface area contributed by atoms with Crippen LogP contribution in [0.2, 0.25) is 0 Å². The minimum atomic E-state index is -0.354. The number of carbonyl (C=O) groups is 2. The third-order valence-electron chi connectivity index (χ3n) is 4.68. The van der Waals surface area contributed by atoms with Crippen molar-refractivity contribution >= 4 is 11.8 Å². The van der Waals surface area contributed by atoms with E-state index in [2.05, 4.69) is 10.6 Å². The molecule has 0 aromatic carbocycles. The summed E-state index contributed by atoms with van der Waals surface area (Å²) >= 11 is 0. The molecular formula is C16H28N2O4. The predicted octanol–water partition coefficient (Wildman–Crippen LogP) is 0.728. The number of carbonyl (C=O) groups excluding carboxylic acids is 2. The highest BCUT2D eigenvalue weighted by atomic mass is 16.5. The molecule has 2 aliphatic rings. The number of aliphatic hydroxyl groups is 1. The second-order valence-corrected chi connectivity index (χ2v) is 6.42. The molecule has 2 fully saturated rings. The molecule has 1 saturated carbocycles. The molecule has 22 heavy (non-hydrogen) atoms. The molecule has 2 amide bonds. The Bertz CT molecular complexity index is 382. The fourth-order valence-electron chi connectivity index (χ4n) is 3.46. The van der Waals surface area contributed by atoms with E-state index in [-0.39, 0.29) is 42.6 Å². The summed E-state index contributed by atoms with van der Waals surface area (Å²) in [5.41, 5.74) is 0. The van der Waals surface area contributed by atoms with Gasteiger partial charge in [-0.05, 0) is 32.1 Å². The lowest BCUT2D eigenvalue weighted by Crippen LogP contribution is -2.50. The standard InChI is InChI=1S/C16H28N2O4/c1-11(20)18-14-7-6-13(22-15(14)10-19)8-9-17-16(21)12-4-2-3-5-12/h12-15,19H,2-10H2,1H3,(H,17,21)(H,18,20)/t13-,14-,15-/m0/s1. The van der Waals surface area contributed by atoms with Crippen molar-refractivity contribution < 1.29 is 19.4 Å². The van der Waals surface area contributed by atoms with Crippen LogP contribution in [0.5, 0.6) is 0 Å². The van der Waals surface area contributed by atoms with E-state index in [1.807, 2.05) is 0 Å². The first-order chi connectivity index (χ1) is 10.6. The van der Waals surface area contributed by atoms with Crippen LogP contribution in [0.1, 0.15) is 51.9 Å². The molecule has 3 N–H and O–H groups in total. The maximum atomic E-state index is 11.9. The highest BCUT2D eigenvalue weighted by Gasteiger charge is 2.31. The summed E-state index contributed by atoms with van der Waals surface area (Å²) in [6.45, 7) is 1.98. The number of rotatable bonds is 6. The Hall–Kier alpha value is -1.14. The van der Waals surface area contributed by atoms with Crippen LogP contribution >= 0.6 is 0 Å². The Labute approximate surface area is 132 Å². The first kappa shape index (κ1) is 17.2. The average molecular weight is 312 g/mol. The van der Waals surface area contributed by atoms with Gasteiger partial charge in [-0.1, -0.05) is 12.8 Å². The first-order valence-corrected chi connectivity index (χ1v) is 8.41. The SMILES string of the molecule is CC(=O)N[C@H]1CC[C@@H](CCNC(=O)C2CCCC2)O[C@H]1CO. The van der Waals surface area contributed by atoms with Gasteiger partial charge in [-0.2, -0.15) is 0 Å². The molecular weight excluding hydrogens is 284 g/mol. The van der Waals surface area contributed by atoms with Gasteiger partial charge < -0.3 is 20.5 Å². The third kappa shape index (κ3) is 4.95. The largest absolute Gasteiger partial charge is 0.394 e. The lowest BCUT2D eigenvalue weighted by atomic mass is 9.97. The van der Waals surface area contributed by atoms with Crippen molar-refractivity contribution in [3.05, 3.63) is 0 Å². The molecule has 0 aromatic rings. The van der Waals surface area contributed by atoms with Gasteiger partial charge in [-0.25, -0.2) is 0 Å². The lowest BCUT2D eigenvalue weighted by molar-refractivity contribution is -0.128. The Morgan fingerprint density at radius 1 is 1.18 bits per heavy atom. The summed E-state index contributed by atoms with van der Waals surface area (Å²) in [6.07, 6.45) is 6.40. The van der Waals surface area contributed by atoms with Gasteiger partial charge in [0.05, 0.1) is 18.8 Å². The summed E-state index contributed by atoms with van der Waals surface area (Å²) in [7, 11) is 0. The van der Waals surface area contributed by atoms with Gasteiger partial charge in [0.1, 0.15) is 6.10 Å². The summed E-state index contributed by atoms with van der Waals surface area (Å²) < 4.78 is 5.84. The van der Waals surface area contributed by atoms with Crippen molar-refractivity contribution in [1.29, 1.82) is 0 Å². The second kappa shape index (κ2) is 8.48. The average Bonchev–Trinajstić information content (AvgIpc) is 3.02. The molecule has 6 nitrogen and oxygen atoms in total. The van der Waals surface area contributed by atoms with Crippen LogP contribution in [0, 0.1) is 5.92 Å². The van der Waals surface area contributed by atoms with Gasteiger partial charge in [-0.3, -0.25) is 9.59 Å². The molecule has 0 spiro atoms. The number of ether oxygens (including phenoxy) is 1. The monoisotopic (exact) mass is 312 g/mol. The molecule has 1 aliphatic heterocycles. The summed E-state index contributed by atoms with van der Waals surface area (Å²) in [4.78, 5) is 23.1. The summed E-state index contributed by atoms with van der Waals surface area (Å²) in [5, 5.41) is 15.2. The molecule has 2 rings (SSSR count). The van der Waals surface area contributed by atoms with E-state index in [1.54, 1.807) is 0 Å². The van der Waals surface area contributed by atoms with E-state index < -0.39 is 0 Å². The fraction of sp³-hybridized carbons (Fsp3) is 0.875. The van der Waals surface area contributed by atoms with Gasteiger partial charge in [-0.15, -0.1) is 0 Å². The third-order valence-corrected chi connectivity index (χ3v) is 4.68. The van der Waals surface area contributed by atoms with Crippen molar-refractivity contribution in [1.82, 2.24) is 10.6 Å². The van der Waals surface area contributed by atoms with E-state index in [1.165, 1.54) is 6.92 Å². The zero-order chi connectivity index (χ0) is 15.9. The van der Waals surface area contributed by atoms with Crippen molar-refractivity contribution in [2.24, 2.45) is 5.92 Å². The summed E-state index contributed by atoms with van der Waals surface area (Å²) in [6, 6.07) is -0.119. The van der Waals surface area contributed by atoms with Crippen molar-refractivity contribution in [3.8, 4) is 0 Å². The highest BCUT2D eigenvalue weighted by molar-refractivity contribution is 5.78. The van der Waals surface area contributed by atoms with Crippen molar-refractivity contribution in [2.45, 2.75) is 70.1 Å². The Balaban J connectivity index is 1.68. The van der Waals surface area contributed by atoms with Gasteiger partial charge in [0.2, 0.25) is 11.8 Å². The van der Waals surface area contributed by atoms with E-state index in [0.29, 0.717) is 6.54 Å². The maximum absolute atomic E-state index is 11.9. The van der Waals surface area contributed by atoms with E-state index >= 15 is 0 Å². The molecule has 0 radical (unpaired) electrons. The Morgan fingerprint density at radius 2 is 1.91 bits per heavy atom. The van der Waals surface area contributed by atoms with Crippen LogP contribution < -0.4 is 10.6 Å². The smallest absolute Gasteiger partial charge is 0.223 e. The summed E-state index contributed by atoms with van der Waals surface area (Å²) in [5.74, 6) is 0.263. The molecule has 126 valence electrons. The van der Waals surface area contributed by atoms with E-state index in [0.717, 1.165) is 44.9 Å². The first-order valence-electron chi connectivity index (χ1n) is 8.41. The van der Waals surface area contributed by atoms with Crippen LogP contribution in [0.3, 0.4) is 0 Å². The minimum Gasteiger partial charge on any atom is -0.394 e. The number of hydrogen-bond donors (Lipinski definition) is 3. The number of hydrogen-bond acceptors (Lipinski definition) is 4. The molecule has 0 unspecified atom stereocenters. The van der Waals surface area contributed by atoms with E-state index in [9.17, 15) is 14.7 Å². The van der Waals surface area contributed by atoms with Crippen LogP contribution in [-0.4, -0.2) is 48.3 Å². The zero-order valence-electron chi connectivity index (χ0n) is 13.3. The predicted molar refractivity (Wildman–Crippen MR) is 82.2 cm³/mol. The van der Waals surface area contributed by atoms with Crippen molar-refractivity contribution in [3.63, 3.8) is 0 Å². The highest BCUT2D eigenvalue weighted by Crippen LogP contribution is 2.25. The molecule has 1 aliphatic carbocycles. The molecule has 1 saturated heterocycles. The Morgan fingerprint density at radius 3 is 2.55 bits per heavy atom. The van der Waals surface area contributed by atoms with Crippen LogP contribution in [0.25, 0.3) is 0 Å². The van der Waals surface area contributed by atoms with Crippen LogP contribution in [0.15, 0.2) is 0 Å². The molecule has 3 atom stereocenters. The Kier molecular flexibility index (Phi) is 6.64. The van der Waals surface area contributed by atoms with Crippen LogP contribution in [-0.2, 0) is 14.3 Å². The van der Waals surface area contributed by atoms with Crippen LogP contribution in [0.4, 0.5) is 0 Å².